The molecule has 0 aromatic carbocycles. The molecule has 2 unspecified atom stereocenters. The molecular formula is C15H32N2O. The number of nitrogens with one attached hydrogen (secondary N) is 1. The predicted octanol–water partition coefficient (Wildman–Crippen LogP) is 2.65. The van der Waals surface area contributed by atoms with Gasteiger partial charge in [-0.05, 0) is 60.0 Å². The molecule has 1 aliphatic heterocycles. The Morgan fingerprint density at radius 3 is 2.61 bits per heavy atom. The Hall–Kier alpha value is -0.120. The van der Waals surface area contributed by atoms with E-state index in [2.05, 4.69) is 44.8 Å². The lowest BCUT2D eigenvalue weighted by Crippen LogP contribution is -2.48. The van der Waals surface area contributed by atoms with Gasteiger partial charge in [0.15, 0.2) is 0 Å². The third-order valence-electron chi connectivity index (χ3n) is 3.58. The maximum atomic E-state index is 5.73. The van der Waals surface area contributed by atoms with Crippen LogP contribution in [-0.4, -0.2) is 48.8 Å². The molecule has 3 heteroatoms. The molecule has 0 bridgehead atoms. The van der Waals surface area contributed by atoms with E-state index in [9.17, 15) is 0 Å². The summed E-state index contributed by atoms with van der Waals surface area (Å²) in [6.45, 7) is 15.5. The fourth-order valence-corrected chi connectivity index (χ4v) is 2.47. The van der Waals surface area contributed by atoms with Gasteiger partial charge in [-0.3, -0.25) is 4.90 Å². The third-order valence-corrected chi connectivity index (χ3v) is 3.58. The number of hydrogen-bond acceptors (Lipinski definition) is 3. The second kappa shape index (κ2) is 7.46. The van der Waals surface area contributed by atoms with Crippen LogP contribution in [0.15, 0.2) is 0 Å². The average Bonchev–Trinajstić information content (AvgIpc) is 2.27. The van der Waals surface area contributed by atoms with Crippen molar-refractivity contribution in [2.45, 2.75) is 71.6 Å². The summed E-state index contributed by atoms with van der Waals surface area (Å²) in [5.74, 6) is 0. The molecule has 0 aromatic heterocycles. The Morgan fingerprint density at radius 1 is 1.28 bits per heavy atom. The summed E-state index contributed by atoms with van der Waals surface area (Å²) in [5.41, 5.74) is 0.249. The molecule has 1 saturated heterocycles. The van der Waals surface area contributed by atoms with Gasteiger partial charge in [0.2, 0.25) is 0 Å². The molecule has 108 valence electrons. The van der Waals surface area contributed by atoms with E-state index in [1.54, 1.807) is 0 Å². The second-order valence-corrected chi connectivity index (χ2v) is 6.58. The first-order chi connectivity index (χ1) is 8.42. The van der Waals surface area contributed by atoms with E-state index in [0.29, 0.717) is 12.1 Å². The van der Waals surface area contributed by atoms with Crippen LogP contribution >= 0.6 is 0 Å². The summed E-state index contributed by atoms with van der Waals surface area (Å²) >= 11 is 0. The molecular weight excluding hydrogens is 224 g/mol. The zero-order chi connectivity index (χ0) is 13.6. The Kier molecular flexibility index (Phi) is 6.61. The summed E-state index contributed by atoms with van der Waals surface area (Å²) in [6.07, 6.45) is 4.15. The Balaban J connectivity index is 2.16. The van der Waals surface area contributed by atoms with Crippen LogP contribution < -0.4 is 5.32 Å². The van der Waals surface area contributed by atoms with Crippen molar-refractivity contribution in [3.05, 3.63) is 0 Å². The van der Waals surface area contributed by atoms with Crippen LogP contribution in [0.25, 0.3) is 0 Å². The van der Waals surface area contributed by atoms with Gasteiger partial charge in [-0.2, -0.15) is 0 Å². The highest BCUT2D eigenvalue weighted by atomic mass is 16.5. The predicted molar refractivity (Wildman–Crippen MR) is 78.1 cm³/mol. The van der Waals surface area contributed by atoms with E-state index in [1.807, 2.05) is 0 Å². The first kappa shape index (κ1) is 15.9. The smallest absolute Gasteiger partial charge is 0.0674 e. The quantitative estimate of drug-likeness (QED) is 0.740. The van der Waals surface area contributed by atoms with Gasteiger partial charge in [-0.25, -0.2) is 0 Å². The molecule has 0 aliphatic carbocycles. The topological polar surface area (TPSA) is 24.5 Å². The number of hydrogen-bond donors (Lipinski definition) is 1. The van der Waals surface area contributed by atoms with Gasteiger partial charge >= 0.3 is 0 Å². The summed E-state index contributed by atoms with van der Waals surface area (Å²) in [4.78, 5) is 2.62. The van der Waals surface area contributed by atoms with Gasteiger partial charge in [0, 0.05) is 18.1 Å². The molecule has 0 radical (unpaired) electrons. The van der Waals surface area contributed by atoms with Crippen LogP contribution in [0.5, 0.6) is 0 Å². The molecule has 1 fully saturated rings. The number of rotatable bonds is 6. The molecule has 1 aliphatic rings. The molecule has 0 amide bonds. The average molecular weight is 256 g/mol. The van der Waals surface area contributed by atoms with E-state index in [-0.39, 0.29) is 5.54 Å². The van der Waals surface area contributed by atoms with E-state index in [4.69, 9.17) is 4.74 Å². The maximum Gasteiger partial charge on any atom is 0.0674 e. The van der Waals surface area contributed by atoms with Crippen molar-refractivity contribution in [2.75, 3.05) is 26.2 Å². The Bertz CT molecular complexity index is 225. The van der Waals surface area contributed by atoms with Crippen molar-refractivity contribution in [3.63, 3.8) is 0 Å². The van der Waals surface area contributed by atoms with Crippen molar-refractivity contribution < 1.29 is 4.74 Å². The van der Waals surface area contributed by atoms with Crippen LogP contribution in [0.3, 0.4) is 0 Å². The number of ether oxygens (including phenoxy) is 1. The highest BCUT2D eigenvalue weighted by molar-refractivity contribution is 4.77. The number of nitrogens with zero attached hydrogens (tertiary/aromatic N) is 1. The lowest BCUT2D eigenvalue weighted by molar-refractivity contribution is -0.0560. The summed E-state index contributed by atoms with van der Waals surface area (Å²) in [5, 5.41) is 3.55. The molecule has 1 heterocycles. The van der Waals surface area contributed by atoms with Gasteiger partial charge in [0.05, 0.1) is 12.7 Å². The summed E-state index contributed by atoms with van der Waals surface area (Å²) in [7, 11) is 0. The van der Waals surface area contributed by atoms with Crippen molar-refractivity contribution >= 4 is 0 Å². The molecule has 0 aromatic rings. The summed E-state index contributed by atoms with van der Waals surface area (Å²) in [6, 6.07) is 0.636. The zero-order valence-electron chi connectivity index (χ0n) is 13.0. The van der Waals surface area contributed by atoms with Gasteiger partial charge in [-0.1, -0.05) is 6.92 Å². The second-order valence-electron chi connectivity index (χ2n) is 6.58. The van der Waals surface area contributed by atoms with Crippen LogP contribution in [0.4, 0.5) is 0 Å². The lowest BCUT2D eigenvalue weighted by Gasteiger charge is -2.38. The molecule has 0 saturated carbocycles. The van der Waals surface area contributed by atoms with Gasteiger partial charge in [0.1, 0.15) is 0 Å². The molecule has 1 N–H and O–H groups in total. The number of morpholine rings is 1. The van der Waals surface area contributed by atoms with Gasteiger partial charge in [-0.15, -0.1) is 0 Å². The highest BCUT2D eigenvalue weighted by Crippen LogP contribution is 2.15. The van der Waals surface area contributed by atoms with Crippen LogP contribution in [-0.2, 0) is 4.74 Å². The molecule has 18 heavy (non-hydrogen) atoms. The van der Waals surface area contributed by atoms with Crippen molar-refractivity contribution in [3.8, 4) is 0 Å². The third kappa shape index (κ3) is 6.17. The standard InChI is InChI=1S/C15H32N2O/c1-6-14-12-18-13(2)11-17(14)10-8-7-9-16-15(3,4)5/h13-14,16H,6-12H2,1-5H3. The first-order valence-electron chi connectivity index (χ1n) is 7.53. The fraction of sp³-hybridized carbons (Fsp3) is 1.00. The Morgan fingerprint density at radius 2 is 2.00 bits per heavy atom. The largest absolute Gasteiger partial charge is 0.376 e. The van der Waals surface area contributed by atoms with Crippen LogP contribution in [0.1, 0.15) is 53.9 Å². The molecule has 3 nitrogen and oxygen atoms in total. The van der Waals surface area contributed by atoms with E-state index < -0.39 is 0 Å². The summed E-state index contributed by atoms with van der Waals surface area (Å²) < 4.78 is 5.73. The van der Waals surface area contributed by atoms with E-state index in [0.717, 1.165) is 19.7 Å². The Labute approximate surface area is 113 Å². The fourth-order valence-electron chi connectivity index (χ4n) is 2.47. The zero-order valence-corrected chi connectivity index (χ0v) is 13.0. The van der Waals surface area contributed by atoms with Gasteiger partial charge < -0.3 is 10.1 Å². The monoisotopic (exact) mass is 256 g/mol. The van der Waals surface area contributed by atoms with Crippen LogP contribution in [0, 0.1) is 0 Å². The minimum atomic E-state index is 0.249. The van der Waals surface area contributed by atoms with E-state index >= 15 is 0 Å². The molecule has 1 rings (SSSR count). The molecule has 0 spiro atoms. The molecule has 2 atom stereocenters. The number of unbranched alkanes of at least 4 members (excludes halogenated alkanes) is 1. The maximum absolute atomic E-state index is 5.73. The van der Waals surface area contributed by atoms with Crippen molar-refractivity contribution in [1.82, 2.24) is 10.2 Å². The highest BCUT2D eigenvalue weighted by Gasteiger charge is 2.24. The first-order valence-corrected chi connectivity index (χ1v) is 7.53. The SMILES string of the molecule is CCC1COC(C)CN1CCCCNC(C)(C)C. The minimum Gasteiger partial charge on any atom is -0.376 e. The van der Waals surface area contributed by atoms with Gasteiger partial charge in [0.25, 0.3) is 0 Å². The van der Waals surface area contributed by atoms with E-state index in [1.165, 1.54) is 25.8 Å². The normalized spacial score (nSPS) is 26.5. The van der Waals surface area contributed by atoms with Crippen molar-refractivity contribution in [1.29, 1.82) is 0 Å². The van der Waals surface area contributed by atoms with Crippen LogP contribution in [0.2, 0.25) is 0 Å². The van der Waals surface area contributed by atoms with Crippen molar-refractivity contribution in [2.24, 2.45) is 0 Å². The lowest BCUT2D eigenvalue weighted by atomic mass is 10.1. The minimum absolute atomic E-state index is 0.249.